The molecule has 0 radical (unpaired) electrons. The third kappa shape index (κ3) is 4.02. The van der Waals surface area contributed by atoms with Crippen LogP contribution in [0.3, 0.4) is 0 Å². The Morgan fingerprint density at radius 2 is 1.87 bits per heavy atom. The van der Waals surface area contributed by atoms with Crippen molar-refractivity contribution in [3.05, 3.63) is 65.6 Å². The lowest BCUT2D eigenvalue weighted by atomic mass is 10.2. The zero-order chi connectivity index (χ0) is 16.3. The van der Waals surface area contributed by atoms with E-state index in [1.165, 1.54) is 5.41 Å². The van der Waals surface area contributed by atoms with Gasteiger partial charge in [-0.2, -0.15) is 0 Å². The molecule has 118 valence electrons. The first kappa shape index (κ1) is 16.2. The number of sulfone groups is 1. The number of nitrogens with zero attached hydrogens (tertiary/aromatic N) is 1. The van der Waals surface area contributed by atoms with Gasteiger partial charge >= 0.3 is 0 Å². The average Bonchev–Trinajstić information content (AvgIpc) is 2.95. The molecule has 0 aliphatic rings. The number of hydrogen-bond donors (Lipinski definition) is 0. The first-order valence-corrected chi connectivity index (χ1v) is 10.4. The molecule has 0 aliphatic heterocycles. The first-order chi connectivity index (χ1) is 11.0. The van der Waals surface area contributed by atoms with Crippen molar-refractivity contribution in [1.82, 2.24) is 4.98 Å². The van der Waals surface area contributed by atoms with Crippen LogP contribution in [0.4, 0.5) is 0 Å². The summed E-state index contributed by atoms with van der Waals surface area (Å²) in [5.74, 6) is 0.574. The molecule has 1 aromatic heterocycles. The fourth-order valence-electron chi connectivity index (χ4n) is 2.00. The quantitative estimate of drug-likeness (QED) is 0.619. The predicted octanol–water partition coefficient (Wildman–Crippen LogP) is 4.68. The molecule has 0 atom stereocenters. The summed E-state index contributed by atoms with van der Waals surface area (Å²) in [4.78, 5) is 4.84. The van der Waals surface area contributed by atoms with Gasteiger partial charge in [0.2, 0.25) is 0 Å². The Balaban J connectivity index is 1.65. The highest BCUT2D eigenvalue weighted by Crippen LogP contribution is 2.29. The van der Waals surface area contributed by atoms with Crippen LogP contribution >= 0.6 is 23.1 Å². The molecule has 0 saturated carbocycles. The number of fused-ring (bicyclic) bond motifs is 1. The smallest absolute Gasteiger partial charge is 0.199 e. The highest BCUT2D eigenvalue weighted by Gasteiger charge is 2.09. The van der Waals surface area contributed by atoms with Crippen molar-refractivity contribution in [2.75, 3.05) is 5.75 Å². The van der Waals surface area contributed by atoms with E-state index in [0.717, 1.165) is 20.1 Å². The molecule has 2 aromatic carbocycles. The first-order valence-electron chi connectivity index (χ1n) is 7.01. The molecule has 0 fully saturated rings. The van der Waals surface area contributed by atoms with E-state index in [1.54, 1.807) is 53.4 Å². The summed E-state index contributed by atoms with van der Waals surface area (Å²) in [6, 6.07) is 14.8. The van der Waals surface area contributed by atoms with Crippen LogP contribution in [0, 0.1) is 6.92 Å². The number of thioether (sulfide) groups is 1. The van der Waals surface area contributed by atoms with Gasteiger partial charge in [0.05, 0.1) is 15.1 Å². The number of rotatable bonds is 5. The van der Waals surface area contributed by atoms with E-state index in [4.69, 9.17) is 0 Å². The Kier molecular flexibility index (Phi) is 4.84. The van der Waals surface area contributed by atoms with Crippen molar-refractivity contribution in [1.29, 1.82) is 0 Å². The number of thiazole rings is 1. The lowest BCUT2D eigenvalue weighted by molar-refractivity contribution is 0.604. The Labute approximate surface area is 144 Å². The second-order valence-corrected chi connectivity index (χ2v) is 9.12. The summed E-state index contributed by atoms with van der Waals surface area (Å²) in [5.41, 5.74) is 2.02. The van der Waals surface area contributed by atoms with Crippen LogP contribution < -0.4 is 0 Å². The van der Waals surface area contributed by atoms with Crippen molar-refractivity contribution < 1.29 is 8.42 Å². The highest BCUT2D eigenvalue weighted by atomic mass is 32.2. The highest BCUT2D eigenvalue weighted by molar-refractivity contribution is 8.01. The Morgan fingerprint density at radius 1 is 1.13 bits per heavy atom. The molecule has 0 N–H and O–H groups in total. The molecule has 0 bridgehead atoms. The largest absolute Gasteiger partial charge is 0.230 e. The molecule has 0 aliphatic carbocycles. The van der Waals surface area contributed by atoms with Crippen LogP contribution in [0.5, 0.6) is 0 Å². The summed E-state index contributed by atoms with van der Waals surface area (Å²) in [6.45, 7) is 1.93. The standard InChI is InChI=1S/C17H15NO2S3/c1-13-7-9-14(10-8-13)23(19,20)12-4-11-21-17-18-15-5-2-3-6-16(15)22-17/h2-10,12H,11H2,1H3. The van der Waals surface area contributed by atoms with Gasteiger partial charge in [-0.25, -0.2) is 13.4 Å². The van der Waals surface area contributed by atoms with Crippen molar-refractivity contribution in [3.63, 3.8) is 0 Å². The Morgan fingerprint density at radius 3 is 2.61 bits per heavy atom. The molecule has 3 aromatic rings. The van der Waals surface area contributed by atoms with Gasteiger partial charge in [0.1, 0.15) is 0 Å². The molecular weight excluding hydrogens is 346 g/mol. The molecule has 0 saturated heterocycles. The molecular formula is C17H15NO2S3. The van der Waals surface area contributed by atoms with Gasteiger partial charge in [0, 0.05) is 11.2 Å². The minimum atomic E-state index is -3.37. The lowest BCUT2D eigenvalue weighted by Gasteiger charge is -1.99. The zero-order valence-corrected chi connectivity index (χ0v) is 14.9. The van der Waals surface area contributed by atoms with E-state index in [0.29, 0.717) is 10.6 Å². The summed E-state index contributed by atoms with van der Waals surface area (Å²) >= 11 is 3.16. The Hall–Kier alpha value is -1.63. The number of para-hydroxylation sites is 1. The maximum atomic E-state index is 12.2. The van der Waals surface area contributed by atoms with Crippen LogP contribution in [-0.4, -0.2) is 19.2 Å². The fraction of sp³-hybridized carbons (Fsp3) is 0.118. The zero-order valence-electron chi connectivity index (χ0n) is 12.5. The summed E-state index contributed by atoms with van der Waals surface area (Å²) in [7, 11) is -3.37. The van der Waals surface area contributed by atoms with Gasteiger partial charge in [0.15, 0.2) is 14.2 Å². The van der Waals surface area contributed by atoms with Crippen LogP contribution in [0.2, 0.25) is 0 Å². The minimum absolute atomic E-state index is 0.323. The van der Waals surface area contributed by atoms with Crippen LogP contribution in [0.25, 0.3) is 10.2 Å². The van der Waals surface area contributed by atoms with Crippen LogP contribution in [-0.2, 0) is 9.84 Å². The monoisotopic (exact) mass is 361 g/mol. The van der Waals surface area contributed by atoms with Crippen molar-refractivity contribution >= 4 is 43.2 Å². The van der Waals surface area contributed by atoms with E-state index in [9.17, 15) is 8.42 Å². The normalized spacial score (nSPS) is 12.2. The number of aryl methyl sites for hydroxylation is 1. The summed E-state index contributed by atoms with van der Waals surface area (Å²) in [6.07, 6.45) is 1.67. The summed E-state index contributed by atoms with van der Waals surface area (Å²) < 4.78 is 26.5. The molecule has 1 heterocycles. The van der Waals surface area contributed by atoms with Gasteiger partial charge in [-0.1, -0.05) is 47.7 Å². The van der Waals surface area contributed by atoms with E-state index in [1.807, 2.05) is 31.2 Å². The second-order valence-electron chi connectivity index (χ2n) is 4.99. The molecule has 0 amide bonds. The number of benzene rings is 2. The van der Waals surface area contributed by atoms with Gasteiger partial charge in [-0.15, -0.1) is 11.3 Å². The molecule has 3 rings (SSSR count). The maximum Gasteiger partial charge on any atom is 0.199 e. The minimum Gasteiger partial charge on any atom is -0.230 e. The topological polar surface area (TPSA) is 47.0 Å². The van der Waals surface area contributed by atoms with Crippen LogP contribution in [0.1, 0.15) is 5.56 Å². The van der Waals surface area contributed by atoms with Gasteiger partial charge < -0.3 is 0 Å². The van der Waals surface area contributed by atoms with E-state index >= 15 is 0 Å². The number of aromatic nitrogens is 1. The third-order valence-corrected chi connectivity index (χ3v) is 6.81. The van der Waals surface area contributed by atoms with Gasteiger partial charge in [0.25, 0.3) is 0 Å². The lowest BCUT2D eigenvalue weighted by Crippen LogP contribution is -1.96. The van der Waals surface area contributed by atoms with Crippen molar-refractivity contribution in [2.24, 2.45) is 0 Å². The van der Waals surface area contributed by atoms with E-state index in [-0.39, 0.29) is 0 Å². The third-order valence-electron chi connectivity index (χ3n) is 3.20. The van der Waals surface area contributed by atoms with Crippen molar-refractivity contribution in [3.8, 4) is 0 Å². The van der Waals surface area contributed by atoms with E-state index in [2.05, 4.69) is 4.98 Å². The molecule has 3 nitrogen and oxygen atoms in total. The molecule has 6 heteroatoms. The Bertz CT molecular complexity index is 908. The van der Waals surface area contributed by atoms with Crippen molar-refractivity contribution in [2.45, 2.75) is 16.2 Å². The van der Waals surface area contributed by atoms with Crippen LogP contribution in [0.15, 0.2) is 69.3 Å². The molecule has 23 heavy (non-hydrogen) atoms. The molecule has 0 spiro atoms. The van der Waals surface area contributed by atoms with E-state index < -0.39 is 9.84 Å². The van der Waals surface area contributed by atoms with Gasteiger partial charge in [-0.05, 0) is 31.2 Å². The number of hydrogen-bond acceptors (Lipinski definition) is 5. The predicted molar refractivity (Wildman–Crippen MR) is 97.8 cm³/mol. The SMILES string of the molecule is Cc1ccc(S(=O)(=O)C=CCSc2nc3ccccc3s2)cc1. The fourth-order valence-corrected chi connectivity index (χ4v) is 5.05. The molecule has 0 unspecified atom stereocenters. The average molecular weight is 362 g/mol. The second kappa shape index (κ2) is 6.86. The summed E-state index contributed by atoms with van der Waals surface area (Å²) in [5, 5.41) is 1.28. The van der Waals surface area contributed by atoms with Gasteiger partial charge in [-0.3, -0.25) is 0 Å². The maximum absolute atomic E-state index is 12.2.